The minimum Gasteiger partial charge on any atom is -0.329 e. The topological polar surface area (TPSA) is 29.3 Å². The third kappa shape index (κ3) is 4.55. The minimum atomic E-state index is 0.496. The molecule has 1 aliphatic carbocycles. The third-order valence-electron chi connectivity index (χ3n) is 5.33. The van der Waals surface area contributed by atoms with Crippen LogP contribution in [0.15, 0.2) is 30.3 Å². The number of hydrogen-bond acceptors (Lipinski definition) is 2. The van der Waals surface area contributed by atoms with Crippen LogP contribution in [0.25, 0.3) is 0 Å². The molecule has 0 radical (unpaired) electrons. The van der Waals surface area contributed by atoms with Crippen molar-refractivity contribution < 1.29 is 0 Å². The molecular formula is C19H32N2. The number of nitrogens with zero attached hydrogens (tertiary/aromatic N) is 1. The molecule has 1 aromatic carbocycles. The van der Waals surface area contributed by atoms with E-state index in [9.17, 15) is 0 Å². The van der Waals surface area contributed by atoms with Crippen LogP contribution in [0, 0.1) is 5.92 Å². The summed E-state index contributed by atoms with van der Waals surface area (Å²) in [6.07, 6.45) is 6.62. The summed E-state index contributed by atoms with van der Waals surface area (Å²) < 4.78 is 0. The average Bonchev–Trinajstić information content (AvgIpc) is 2.52. The molecule has 0 bridgehead atoms. The zero-order valence-electron chi connectivity index (χ0n) is 14.0. The quantitative estimate of drug-likeness (QED) is 0.856. The molecule has 4 unspecified atom stereocenters. The molecule has 0 amide bonds. The molecule has 0 spiro atoms. The molecule has 2 rings (SSSR count). The lowest BCUT2D eigenvalue weighted by Crippen LogP contribution is -2.46. The second-order valence-corrected chi connectivity index (χ2v) is 7.03. The molecule has 1 aromatic rings. The number of nitrogens with two attached hydrogens (primary N) is 1. The Morgan fingerprint density at radius 3 is 2.57 bits per heavy atom. The number of benzene rings is 1. The van der Waals surface area contributed by atoms with Crippen LogP contribution in [0.1, 0.15) is 57.4 Å². The molecule has 2 nitrogen and oxygen atoms in total. The van der Waals surface area contributed by atoms with E-state index in [1.165, 1.54) is 31.2 Å². The first-order chi connectivity index (χ1) is 10.1. The first-order valence-corrected chi connectivity index (χ1v) is 8.58. The van der Waals surface area contributed by atoms with E-state index in [-0.39, 0.29) is 0 Å². The van der Waals surface area contributed by atoms with E-state index >= 15 is 0 Å². The van der Waals surface area contributed by atoms with Crippen LogP contribution in [-0.4, -0.2) is 30.6 Å². The second kappa shape index (κ2) is 7.95. The van der Waals surface area contributed by atoms with Crippen molar-refractivity contribution in [2.75, 3.05) is 13.6 Å². The lowest BCUT2D eigenvalue weighted by molar-refractivity contribution is 0.113. The van der Waals surface area contributed by atoms with Gasteiger partial charge in [-0.3, -0.25) is 4.90 Å². The highest BCUT2D eigenvalue weighted by Crippen LogP contribution is 2.30. The standard InChI is InChI=1S/C19H32N2/c1-15-8-7-11-18(12-15)21(3)19(14-20)13-16(2)17-9-5-4-6-10-17/h4-6,9-10,15-16,18-19H,7-8,11-14,20H2,1-3H3. The van der Waals surface area contributed by atoms with Crippen LogP contribution in [0.2, 0.25) is 0 Å². The van der Waals surface area contributed by atoms with Gasteiger partial charge in [0.05, 0.1) is 0 Å². The van der Waals surface area contributed by atoms with Gasteiger partial charge in [0.15, 0.2) is 0 Å². The Bertz CT molecular complexity index is 403. The first-order valence-electron chi connectivity index (χ1n) is 8.58. The van der Waals surface area contributed by atoms with E-state index in [0.29, 0.717) is 12.0 Å². The van der Waals surface area contributed by atoms with E-state index in [1.807, 2.05) is 0 Å². The summed E-state index contributed by atoms with van der Waals surface area (Å²) in [4.78, 5) is 2.58. The number of rotatable bonds is 6. The van der Waals surface area contributed by atoms with Gasteiger partial charge in [-0.2, -0.15) is 0 Å². The van der Waals surface area contributed by atoms with Gasteiger partial charge in [-0.15, -0.1) is 0 Å². The first kappa shape index (κ1) is 16.5. The fourth-order valence-electron chi connectivity index (χ4n) is 3.82. The molecular weight excluding hydrogens is 256 g/mol. The highest BCUT2D eigenvalue weighted by molar-refractivity contribution is 5.19. The lowest BCUT2D eigenvalue weighted by atomic mass is 9.85. The Hall–Kier alpha value is -0.860. The molecule has 2 N–H and O–H groups in total. The van der Waals surface area contributed by atoms with Gasteiger partial charge >= 0.3 is 0 Å². The molecule has 1 fully saturated rings. The van der Waals surface area contributed by atoms with Crippen LogP contribution in [-0.2, 0) is 0 Å². The Morgan fingerprint density at radius 1 is 1.24 bits per heavy atom. The van der Waals surface area contributed by atoms with Gasteiger partial charge in [0.2, 0.25) is 0 Å². The van der Waals surface area contributed by atoms with Crippen molar-refractivity contribution in [1.82, 2.24) is 4.90 Å². The molecule has 0 saturated heterocycles. The third-order valence-corrected chi connectivity index (χ3v) is 5.33. The Labute approximate surface area is 130 Å². The minimum absolute atomic E-state index is 0.496. The molecule has 0 heterocycles. The van der Waals surface area contributed by atoms with Crippen molar-refractivity contribution in [2.45, 2.75) is 64.0 Å². The van der Waals surface area contributed by atoms with Gasteiger partial charge in [-0.05, 0) is 43.7 Å². The summed E-state index contributed by atoms with van der Waals surface area (Å²) >= 11 is 0. The zero-order valence-corrected chi connectivity index (χ0v) is 14.0. The van der Waals surface area contributed by atoms with E-state index in [4.69, 9.17) is 5.73 Å². The number of likely N-dealkylation sites (N-methyl/N-ethyl adjacent to an activating group) is 1. The van der Waals surface area contributed by atoms with Crippen LogP contribution in [0.5, 0.6) is 0 Å². The maximum absolute atomic E-state index is 6.10. The summed E-state index contributed by atoms with van der Waals surface area (Å²) in [5, 5.41) is 0. The molecule has 0 aromatic heterocycles. The van der Waals surface area contributed by atoms with Crippen molar-refractivity contribution in [3.8, 4) is 0 Å². The summed E-state index contributed by atoms with van der Waals surface area (Å²) in [5.74, 6) is 1.44. The predicted molar refractivity (Wildman–Crippen MR) is 91.5 cm³/mol. The number of hydrogen-bond donors (Lipinski definition) is 1. The highest BCUT2D eigenvalue weighted by Gasteiger charge is 2.27. The van der Waals surface area contributed by atoms with E-state index in [0.717, 1.165) is 24.9 Å². The van der Waals surface area contributed by atoms with Gasteiger partial charge < -0.3 is 5.73 Å². The van der Waals surface area contributed by atoms with Crippen LogP contribution in [0.3, 0.4) is 0 Å². The fourth-order valence-corrected chi connectivity index (χ4v) is 3.82. The maximum Gasteiger partial charge on any atom is 0.0224 e. The smallest absolute Gasteiger partial charge is 0.0224 e. The largest absolute Gasteiger partial charge is 0.329 e. The molecule has 4 atom stereocenters. The monoisotopic (exact) mass is 288 g/mol. The molecule has 118 valence electrons. The molecule has 0 aliphatic heterocycles. The van der Waals surface area contributed by atoms with Crippen LogP contribution in [0.4, 0.5) is 0 Å². The van der Waals surface area contributed by atoms with E-state index in [1.54, 1.807) is 0 Å². The second-order valence-electron chi connectivity index (χ2n) is 7.03. The lowest BCUT2D eigenvalue weighted by Gasteiger charge is -2.39. The van der Waals surface area contributed by atoms with Crippen LogP contribution >= 0.6 is 0 Å². The van der Waals surface area contributed by atoms with Crippen molar-refractivity contribution >= 4 is 0 Å². The normalized spacial score (nSPS) is 25.8. The zero-order chi connectivity index (χ0) is 15.2. The van der Waals surface area contributed by atoms with Gasteiger partial charge in [-0.25, -0.2) is 0 Å². The van der Waals surface area contributed by atoms with Crippen molar-refractivity contribution in [3.05, 3.63) is 35.9 Å². The maximum atomic E-state index is 6.10. The predicted octanol–water partition coefficient (Wildman–Crippen LogP) is 4.02. The average molecular weight is 288 g/mol. The van der Waals surface area contributed by atoms with Gasteiger partial charge in [0.25, 0.3) is 0 Å². The van der Waals surface area contributed by atoms with Crippen LogP contribution < -0.4 is 5.73 Å². The van der Waals surface area contributed by atoms with Crippen molar-refractivity contribution in [3.63, 3.8) is 0 Å². The molecule has 1 saturated carbocycles. The van der Waals surface area contributed by atoms with Gasteiger partial charge in [0, 0.05) is 18.6 Å². The summed E-state index contributed by atoms with van der Waals surface area (Å²) in [6.45, 7) is 5.48. The summed E-state index contributed by atoms with van der Waals surface area (Å²) in [7, 11) is 2.29. The molecule has 1 aliphatic rings. The Kier molecular flexibility index (Phi) is 6.25. The summed E-state index contributed by atoms with van der Waals surface area (Å²) in [6, 6.07) is 12.1. The van der Waals surface area contributed by atoms with Gasteiger partial charge in [0.1, 0.15) is 0 Å². The molecule has 2 heteroatoms. The molecule has 21 heavy (non-hydrogen) atoms. The van der Waals surface area contributed by atoms with Gasteiger partial charge in [-0.1, -0.05) is 57.0 Å². The Morgan fingerprint density at radius 2 is 1.95 bits per heavy atom. The van der Waals surface area contributed by atoms with E-state index < -0.39 is 0 Å². The Balaban J connectivity index is 1.95. The summed E-state index contributed by atoms with van der Waals surface area (Å²) in [5.41, 5.74) is 7.53. The van der Waals surface area contributed by atoms with Crippen molar-refractivity contribution in [1.29, 1.82) is 0 Å². The fraction of sp³-hybridized carbons (Fsp3) is 0.684. The van der Waals surface area contributed by atoms with Crippen molar-refractivity contribution in [2.24, 2.45) is 11.7 Å². The SMILES string of the molecule is CC1CCCC(N(C)C(CN)CC(C)c2ccccc2)C1. The van der Waals surface area contributed by atoms with E-state index in [2.05, 4.69) is 56.1 Å². The highest BCUT2D eigenvalue weighted by atomic mass is 15.2.